The van der Waals surface area contributed by atoms with Crippen molar-refractivity contribution in [3.05, 3.63) is 81.3 Å². The van der Waals surface area contributed by atoms with Crippen molar-refractivity contribution in [2.75, 3.05) is 49.0 Å². The van der Waals surface area contributed by atoms with Crippen LogP contribution in [0, 0.1) is 6.92 Å². The Labute approximate surface area is 232 Å². The number of sulfonamides is 1. The van der Waals surface area contributed by atoms with E-state index in [-0.39, 0.29) is 32.3 Å². The quantitative estimate of drug-likeness (QED) is 0.368. The SMILES string of the molecule is COc1ccc(C)cc1S(=O)(=O)N(CC(=O)N1CCN(c2cccc(Cl)c2)CC1)c1ccc(Cl)c(Cl)c1. The Morgan fingerprint density at radius 1 is 0.946 bits per heavy atom. The number of hydrogen-bond donors (Lipinski definition) is 0. The summed E-state index contributed by atoms with van der Waals surface area (Å²) in [5.74, 6) is -0.148. The van der Waals surface area contributed by atoms with Crippen molar-refractivity contribution in [2.45, 2.75) is 11.8 Å². The van der Waals surface area contributed by atoms with Gasteiger partial charge in [0.1, 0.15) is 17.2 Å². The zero-order valence-corrected chi connectivity index (χ0v) is 23.4. The first kappa shape index (κ1) is 27.4. The van der Waals surface area contributed by atoms with Crippen LogP contribution in [0.25, 0.3) is 0 Å². The van der Waals surface area contributed by atoms with Crippen LogP contribution in [0.3, 0.4) is 0 Å². The largest absolute Gasteiger partial charge is 0.495 e. The molecule has 1 amide bonds. The number of piperazine rings is 1. The van der Waals surface area contributed by atoms with Crippen molar-refractivity contribution >= 4 is 62.1 Å². The third kappa shape index (κ3) is 6.09. The number of amides is 1. The van der Waals surface area contributed by atoms with Gasteiger partial charge in [-0.2, -0.15) is 0 Å². The fraction of sp³-hybridized carbons (Fsp3) is 0.269. The maximum Gasteiger partial charge on any atom is 0.268 e. The molecule has 7 nitrogen and oxygen atoms in total. The number of benzene rings is 3. The number of rotatable bonds is 7. The van der Waals surface area contributed by atoms with Gasteiger partial charge in [0.25, 0.3) is 10.0 Å². The maximum atomic E-state index is 13.9. The molecular weight excluding hydrogens is 557 g/mol. The van der Waals surface area contributed by atoms with E-state index in [0.717, 1.165) is 15.6 Å². The number of nitrogens with zero attached hydrogens (tertiary/aromatic N) is 3. The molecule has 1 fully saturated rings. The molecule has 0 atom stereocenters. The molecule has 0 spiro atoms. The summed E-state index contributed by atoms with van der Waals surface area (Å²) in [6.45, 7) is 3.44. The average Bonchev–Trinajstić information content (AvgIpc) is 2.89. The van der Waals surface area contributed by atoms with Gasteiger partial charge in [0, 0.05) is 36.9 Å². The van der Waals surface area contributed by atoms with E-state index in [4.69, 9.17) is 39.5 Å². The van der Waals surface area contributed by atoms with E-state index in [1.165, 1.54) is 31.4 Å². The lowest BCUT2D eigenvalue weighted by Crippen LogP contribution is -2.52. The summed E-state index contributed by atoms with van der Waals surface area (Å²) < 4.78 is 34.2. The molecule has 0 saturated carbocycles. The van der Waals surface area contributed by atoms with Gasteiger partial charge >= 0.3 is 0 Å². The van der Waals surface area contributed by atoms with Crippen LogP contribution in [0.4, 0.5) is 11.4 Å². The van der Waals surface area contributed by atoms with Crippen molar-refractivity contribution in [3.8, 4) is 5.75 Å². The third-order valence-corrected chi connectivity index (χ3v) is 8.93. The highest BCUT2D eigenvalue weighted by Gasteiger charge is 2.32. The zero-order valence-electron chi connectivity index (χ0n) is 20.3. The van der Waals surface area contributed by atoms with Crippen LogP contribution in [0.2, 0.25) is 15.1 Å². The molecule has 0 N–H and O–H groups in total. The zero-order chi connectivity index (χ0) is 26.7. The molecular formula is C26H26Cl3N3O4S. The van der Waals surface area contributed by atoms with Crippen molar-refractivity contribution in [1.82, 2.24) is 4.90 Å². The summed E-state index contributed by atoms with van der Waals surface area (Å²) in [6.07, 6.45) is 0. The van der Waals surface area contributed by atoms with Crippen LogP contribution in [0.15, 0.2) is 65.6 Å². The summed E-state index contributed by atoms with van der Waals surface area (Å²) in [4.78, 5) is 17.2. The van der Waals surface area contributed by atoms with Crippen LogP contribution in [0.5, 0.6) is 5.75 Å². The highest BCUT2D eigenvalue weighted by atomic mass is 35.5. The van der Waals surface area contributed by atoms with E-state index >= 15 is 0 Å². The molecule has 37 heavy (non-hydrogen) atoms. The van der Waals surface area contributed by atoms with E-state index in [0.29, 0.717) is 31.2 Å². The Morgan fingerprint density at radius 3 is 2.32 bits per heavy atom. The van der Waals surface area contributed by atoms with Gasteiger partial charge in [-0.15, -0.1) is 0 Å². The molecule has 0 bridgehead atoms. The normalized spacial score (nSPS) is 14.0. The van der Waals surface area contributed by atoms with Crippen molar-refractivity contribution in [1.29, 1.82) is 0 Å². The van der Waals surface area contributed by atoms with Gasteiger partial charge < -0.3 is 14.5 Å². The number of methoxy groups -OCH3 is 1. The molecule has 1 heterocycles. The Hall–Kier alpha value is -2.65. The maximum absolute atomic E-state index is 13.9. The second kappa shape index (κ2) is 11.4. The van der Waals surface area contributed by atoms with Crippen molar-refractivity contribution in [3.63, 3.8) is 0 Å². The number of aryl methyl sites for hydroxylation is 1. The first-order valence-corrected chi connectivity index (χ1v) is 14.1. The van der Waals surface area contributed by atoms with Crippen LogP contribution < -0.4 is 13.9 Å². The van der Waals surface area contributed by atoms with Gasteiger partial charge in [0.15, 0.2) is 0 Å². The number of carbonyl (C=O) groups is 1. The standard InChI is InChI=1S/C26H26Cl3N3O4S/c1-18-6-9-24(36-2)25(14-18)37(34,35)32(21-7-8-22(28)23(29)16-21)17-26(33)31-12-10-30(11-13-31)20-5-3-4-19(27)15-20/h3-9,14-16H,10-13,17H2,1-2H3. The van der Waals surface area contributed by atoms with Crippen LogP contribution in [0.1, 0.15) is 5.56 Å². The number of carbonyl (C=O) groups excluding carboxylic acids is 1. The lowest BCUT2D eigenvalue weighted by atomic mass is 10.2. The summed E-state index contributed by atoms with van der Waals surface area (Å²) >= 11 is 18.4. The predicted octanol–water partition coefficient (Wildman–Crippen LogP) is 5.51. The molecule has 1 aliphatic heterocycles. The first-order valence-electron chi connectivity index (χ1n) is 11.5. The number of halogens is 3. The molecule has 1 aliphatic rings. The van der Waals surface area contributed by atoms with Crippen LogP contribution >= 0.6 is 34.8 Å². The molecule has 1 saturated heterocycles. The summed E-state index contributed by atoms with van der Waals surface area (Å²) in [7, 11) is -2.81. The molecule has 0 unspecified atom stereocenters. The third-order valence-electron chi connectivity index (χ3n) is 6.16. The van der Waals surface area contributed by atoms with Gasteiger partial charge in [-0.1, -0.05) is 46.9 Å². The van der Waals surface area contributed by atoms with Gasteiger partial charge in [-0.3, -0.25) is 9.10 Å². The topological polar surface area (TPSA) is 70.2 Å². The lowest BCUT2D eigenvalue weighted by Gasteiger charge is -2.37. The Kier molecular flexibility index (Phi) is 8.43. The Morgan fingerprint density at radius 2 is 1.68 bits per heavy atom. The second-order valence-corrected chi connectivity index (χ2v) is 11.7. The number of hydrogen-bond acceptors (Lipinski definition) is 5. The molecule has 11 heteroatoms. The Balaban J connectivity index is 1.61. The minimum Gasteiger partial charge on any atom is -0.495 e. The van der Waals surface area contributed by atoms with Crippen LogP contribution in [-0.2, 0) is 14.8 Å². The van der Waals surface area contributed by atoms with E-state index in [1.807, 2.05) is 24.3 Å². The molecule has 3 aromatic rings. The number of anilines is 2. The lowest BCUT2D eigenvalue weighted by molar-refractivity contribution is -0.129. The van der Waals surface area contributed by atoms with Gasteiger partial charge in [0.05, 0.1) is 22.8 Å². The minimum atomic E-state index is -4.21. The van der Waals surface area contributed by atoms with Crippen molar-refractivity contribution in [2.24, 2.45) is 0 Å². The summed E-state index contributed by atoms with van der Waals surface area (Å²) in [6, 6.07) is 16.9. The van der Waals surface area contributed by atoms with E-state index in [1.54, 1.807) is 24.0 Å². The first-order chi connectivity index (χ1) is 17.6. The average molecular weight is 583 g/mol. The smallest absolute Gasteiger partial charge is 0.268 e. The van der Waals surface area contributed by atoms with Crippen LogP contribution in [-0.4, -0.2) is 59.1 Å². The highest BCUT2D eigenvalue weighted by Crippen LogP contribution is 2.34. The summed E-state index contributed by atoms with van der Waals surface area (Å²) in [5, 5.41) is 1.10. The molecule has 0 aliphatic carbocycles. The Bertz CT molecular complexity index is 1410. The molecule has 0 radical (unpaired) electrons. The fourth-order valence-electron chi connectivity index (χ4n) is 4.17. The molecule has 196 valence electrons. The van der Waals surface area contributed by atoms with Crippen molar-refractivity contribution < 1.29 is 17.9 Å². The minimum absolute atomic E-state index is 0.0420. The number of ether oxygens (including phenoxy) is 1. The van der Waals surface area contributed by atoms with E-state index in [9.17, 15) is 13.2 Å². The summed E-state index contributed by atoms with van der Waals surface area (Å²) in [5.41, 5.74) is 1.94. The van der Waals surface area contributed by atoms with Gasteiger partial charge in [-0.25, -0.2) is 8.42 Å². The highest BCUT2D eigenvalue weighted by molar-refractivity contribution is 7.93. The monoisotopic (exact) mass is 581 g/mol. The predicted molar refractivity (Wildman–Crippen MR) is 149 cm³/mol. The molecule has 4 rings (SSSR count). The molecule has 3 aromatic carbocycles. The van der Waals surface area contributed by atoms with Gasteiger partial charge in [0.2, 0.25) is 5.91 Å². The van der Waals surface area contributed by atoms with E-state index in [2.05, 4.69) is 4.90 Å². The fourth-order valence-corrected chi connectivity index (χ4v) is 6.30. The van der Waals surface area contributed by atoms with Gasteiger partial charge in [-0.05, 0) is 61.0 Å². The van der Waals surface area contributed by atoms with E-state index < -0.39 is 16.6 Å². The molecule has 0 aromatic heterocycles. The second-order valence-electron chi connectivity index (χ2n) is 8.61.